The number of carbonyl (C=O) groups excluding carboxylic acids is 1. The number of carbonyl (C=O) groups is 1. The highest BCUT2D eigenvalue weighted by molar-refractivity contribution is 6.01. The zero-order valence-electron chi connectivity index (χ0n) is 15.4. The van der Waals surface area contributed by atoms with Gasteiger partial charge in [0, 0.05) is 11.1 Å². The van der Waals surface area contributed by atoms with E-state index >= 15 is 0 Å². The normalized spacial score (nSPS) is 10.6. The van der Waals surface area contributed by atoms with Crippen LogP contribution >= 0.6 is 0 Å². The molecule has 2 aromatic heterocycles. The summed E-state index contributed by atoms with van der Waals surface area (Å²) in [5.41, 5.74) is 2.57. The predicted octanol–water partition coefficient (Wildman–Crippen LogP) is 4.80. The molecule has 2 heterocycles. The molecule has 2 aromatic carbocycles. The van der Waals surface area contributed by atoms with Crippen LogP contribution in [0, 0.1) is 5.82 Å². The largest absolute Gasteiger partial charge is 0.497 e. The lowest BCUT2D eigenvalue weighted by Crippen LogP contribution is -2.13. The Morgan fingerprint density at radius 1 is 1.00 bits per heavy atom. The van der Waals surface area contributed by atoms with Crippen molar-refractivity contribution in [2.24, 2.45) is 0 Å². The molecule has 0 saturated heterocycles. The molecule has 4 aromatic rings. The van der Waals surface area contributed by atoms with Crippen molar-refractivity contribution in [1.82, 2.24) is 9.97 Å². The lowest BCUT2D eigenvalue weighted by molar-refractivity contribution is 0.0996. The van der Waals surface area contributed by atoms with Crippen molar-refractivity contribution in [2.45, 2.75) is 0 Å². The number of nitrogens with zero attached hydrogens (tertiary/aromatic N) is 2. The molecule has 6 nitrogen and oxygen atoms in total. The number of rotatable bonds is 5. The Labute approximate surface area is 166 Å². The zero-order chi connectivity index (χ0) is 20.2. The summed E-state index contributed by atoms with van der Waals surface area (Å²) in [7, 11) is 1.59. The molecule has 0 bridgehead atoms. The first-order valence-electron chi connectivity index (χ1n) is 8.76. The Morgan fingerprint density at radius 2 is 1.69 bits per heavy atom. The van der Waals surface area contributed by atoms with Crippen LogP contribution in [0.25, 0.3) is 22.5 Å². The fraction of sp³-hybridized carbons (Fsp3) is 0.0455. The third-order valence-electron chi connectivity index (χ3n) is 4.24. The maximum Gasteiger partial charge on any atom is 0.292 e. The minimum Gasteiger partial charge on any atom is -0.497 e. The average Bonchev–Trinajstić information content (AvgIpc) is 3.30. The Balaban J connectivity index is 1.76. The number of aromatic nitrogens is 2. The Morgan fingerprint density at radius 3 is 2.34 bits per heavy atom. The standard InChI is InChI=1S/C22H16FN3O3/c1-28-17-10-6-15(7-11-17)21-20(14-4-8-16(23)9-5-14)24-13-19(25-21)26-22(27)18-3-2-12-29-18/h2-13H,1H3,(H,25,26,27). The highest BCUT2D eigenvalue weighted by Gasteiger charge is 2.15. The van der Waals surface area contributed by atoms with Gasteiger partial charge in [-0.2, -0.15) is 0 Å². The van der Waals surface area contributed by atoms with Gasteiger partial charge in [0.1, 0.15) is 11.6 Å². The molecule has 0 saturated carbocycles. The number of anilines is 1. The average molecular weight is 389 g/mol. The lowest BCUT2D eigenvalue weighted by atomic mass is 10.0. The van der Waals surface area contributed by atoms with E-state index in [1.807, 2.05) is 12.1 Å². The molecule has 0 aliphatic carbocycles. The van der Waals surface area contributed by atoms with Crippen LogP contribution < -0.4 is 10.1 Å². The quantitative estimate of drug-likeness (QED) is 0.530. The predicted molar refractivity (Wildman–Crippen MR) is 106 cm³/mol. The van der Waals surface area contributed by atoms with Crippen molar-refractivity contribution in [2.75, 3.05) is 12.4 Å². The van der Waals surface area contributed by atoms with Gasteiger partial charge in [0.05, 0.1) is 31.0 Å². The number of halogens is 1. The van der Waals surface area contributed by atoms with Crippen LogP contribution in [0.15, 0.2) is 77.5 Å². The number of furan rings is 1. The van der Waals surface area contributed by atoms with Crippen LogP contribution in [-0.4, -0.2) is 23.0 Å². The van der Waals surface area contributed by atoms with Crippen LogP contribution in [0.4, 0.5) is 10.2 Å². The van der Waals surface area contributed by atoms with E-state index in [2.05, 4.69) is 15.3 Å². The van der Waals surface area contributed by atoms with Crippen molar-refractivity contribution < 1.29 is 18.3 Å². The van der Waals surface area contributed by atoms with Gasteiger partial charge in [0.15, 0.2) is 11.6 Å². The summed E-state index contributed by atoms with van der Waals surface area (Å²) in [6.07, 6.45) is 2.87. The van der Waals surface area contributed by atoms with Gasteiger partial charge in [-0.05, 0) is 60.7 Å². The van der Waals surface area contributed by atoms with E-state index in [1.54, 1.807) is 43.5 Å². The molecular formula is C22H16FN3O3. The van der Waals surface area contributed by atoms with Crippen molar-refractivity contribution in [3.63, 3.8) is 0 Å². The first kappa shape index (κ1) is 18.4. The maximum absolute atomic E-state index is 13.3. The summed E-state index contributed by atoms with van der Waals surface area (Å²) in [5, 5.41) is 2.67. The minimum absolute atomic E-state index is 0.167. The molecule has 7 heteroatoms. The van der Waals surface area contributed by atoms with E-state index in [1.165, 1.54) is 24.6 Å². The molecule has 0 atom stereocenters. The smallest absolute Gasteiger partial charge is 0.292 e. The number of ether oxygens (including phenoxy) is 1. The van der Waals surface area contributed by atoms with Gasteiger partial charge in [-0.3, -0.25) is 9.78 Å². The van der Waals surface area contributed by atoms with E-state index in [0.29, 0.717) is 22.7 Å². The molecule has 0 aliphatic heterocycles. The van der Waals surface area contributed by atoms with Gasteiger partial charge in [-0.15, -0.1) is 0 Å². The molecule has 4 rings (SSSR count). The molecule has 29 heavy (non-hydrogen) atoms. The lowest BCUT2D eigenvalue weighted by Gasteiger charge is -2.11. The summed E-state index contributed by atoms with van der Waals surface area (Å²) >= 11 is 0. The second kappa shape index (κ2) is 7.93. The summed E-state index contributed by atoms with van der Waals surface area (Å²) in [4.78, 5) is 21.3. The summed E-state index contributed by atoms with van der Waals surface area (Å²) in [6.45, 7) is 0. The Kier molecular flexibility index (Phi) is 5.03. The van der Waals surface area contributed by atoms with Gasteiger partial charge in [0.2, 0.25) is 0 Å². The summed E-state index contributed by atoms with van der Waals surface area (Å²) in [6, 6.07) is 16.5. The Bertz CT molecular complexity index is 1130. The van der Waals surface area contributed by atoms with E-state index in [9.17, 15) is 9.18 Å². The van der Waals surface area contributed by atoms with E-state index in [-0.39, 0.29) is 17.4 Å². The van der Waals surface area contributed by atoms with Crippen molar-refractivity contribution in [1.29, 1.82) is 0 Å². The molecular weight excluding hydrogens is 373 g/mol. The van der Waals surface area contributed by atoms with Crippen LogP contribution in [0.1, 0.15) is 10.6 Å². The fourth-order valence-corrected chi connectivity index (χ4v) is 2.80. The third-order valence-corrected chi connectivity index (χ3v) is 4.24. The zero-order valence-corrected chi connectivity index (χ0v) is 15.4. The highest BCUT2D eigenvalue weighted by Crippen LogP contribution is 2.31. The van der Waals surface area contributed by atoms with Crippen molar-refractivity contribution >= 4 is 11.7 Å². The van der Waals surface area contributed by atoms with Crippen molar-refractivity contribution in [3.8, 4) is 28.3 Å². The van der Waals surface area contributed by atoms with Crippen LogP contribution in [0.2, 0.25) is 0 Å². The van der Waals surface area contributed by atoms with Gasteiger partial charge in [-0.25, -0.2) is 9.37 Å². The van der Waals surface area contributed by atoms with Crippen LogP contribution in [-0.2, 0) is 0 Å². The molecule has 0 aliphatic rings. The van der Waals surface area contributed by atoms with E-state index in [0.717, 1.165) is 5.56 Å². The first-order valence-corrected chi connectivity index (χ1v) is 8.76. The molecule has 0 spiro atoms. The molecule has 1 N–H and O–H groups in total. The van der Waals surface area contributed by atoms with Gasteiger partial charge >= 0.3 is 0 Å². The van der Waals surface area contributed by atoms with Gasteiger partial charge in [0.25, 0.3) is 5.91 Å². The fourth-order valence-electron chi connectivity index (χ4n) is 2.80. The third kappa shape index (κ3) is 3.98. The highest BCUT2D eigenvalue weighted by atomic mass is 19.1. The SMILES string of the molecule is COc1ccc(-c2nc(NC(=O)c3ccco3)cnc2-c2ccc(F)cc2)cc1. The topological polar surface area (TPSA) is 77.2 Å². The number of methoxy groups -OCH3 is 1. The summed E-state index contributed by atoms with van der Waals surface area (Å²) in [5.74, 6) is 0.366. The van der Waals surface area contributed by atoms with Crippen LogP contribution in [0.3, 0.4) is 0 Å². The molecule has 1 amide bonds. The van der Waals surface area contributed by atoms with Gasteiger partial charge < -0.3 is 14.5 Å². The van der Waals surface area contributed by atoms with Gasteiger partial charge in [-0.1, -0.05) is 0 Å². The second-order valence-electron chi connectivity index (χ2n) is 6.12. The number of hydrogen-bond acceptors (Lipinski definition) is 5. The van der Waals surface area contributed by atoms with Crippen LogP contribution in [0.5, 0.6) is 5.75 Å². The number of benzene rings is 2. The van der Waals surface area contributed by atoms with Crippen molar-refractivity contribution in [3.05, 3.63) is 84.7 Å². The maximum atomic E-state index is 13.3. The number of nitrogens with one attached hydrogen (secondary N) is 1. The number of amides is 1. The molecule has 144 valence electrons. The first-order chi connectivity index (χ1) is 14.1. The monoisotopic (exact) mass is 389 g/mol. The molecule has 0 radical (unpaired) electrons. The van der Waals surface area contributed by atoms with E-state index in [4.69, 9.17) is 9.15 Å². The minimum atomic E-state index is -0.431. The number of hydrogen-bond donors (Lipinski definition) is 1. The molecule has 0 unspecified atom stereocenters. The van der Waals surface area contributed by atoms with E-state index < -0.39 is 5.91 Å². The second-order valence-corrected chi connectivity index (χ2v) is 6.12. The Hall–Kier alpha value is -4.00. The summed E-state index contributed by atoms with van der Waals surface area (Å²) < 4.78 is 23.7. The molecule has 0 fully saturated rings.